The zero-order valence-corrected chi connectivity index (χ0v) is 10.8. The van der Waals surface area contributed by atoms with Crippen molar-refractivity contribution < 1.29 is 4.42 Å². The van der Waals surface area contributed by atoms with Gasteiger partial charge in [0.2, 0.25) is 0 Å². The van der Waals surface area contributed by atoms with Gasteiger partial charge in [0.25, 0.3) is 0 Å². The van der Waals surface area contributed by atoms with E-state index in [0.717, 1.165) is 16.7 Å². The van der Waals surface area contributed by atoms with Crippen molar-refractivity contribution in [2.75, 3.05) is 14.1 Å². The van der Waals surface area contributed by atoms with Crippen LogP contribution in [0.5, 0.6) is 0 Å². The average Bonchev–Trinajstić information content (AvgIpc) is 2.61. The molecule has 0 bridgehead atoms. The van der Waals surface area contributed by atoms with Gasteiger partial charge in [0.05, 0.1) is 6.04 Å². The van der Waals surface area contributed by atoms with Crippen molar-refractivity contribution in [1.29, 1.82) is 0 Å². The Kier molecular flexibility index (Phi) is 2.93. The number of oxazole rings is 1. The number of hydrogen-bond donors (Lipinski definition) is 1. The maximum Gasteiger partial charge on any atom is 0.181 e. The number of hydrogen-bond acceptors (Lipinski definition) is 4. The van der Waals surface area contributed by atoms with Crippen LogP contribution in [0.15, 0.2) is 29.0 Å². The molecule has 1 aromatic heterocycles. The second-order valence-corrected chi connectivity index (χ2v) is 5.27. The van der Waals surface area contributed by atoms with Gasteiger partial charge in [-0.05, 0) is 45.6 Å². The van der Waals surface area contributed by atoms with Crippen LogP contribution in [-0.2, 0) is 0 Å². The number of nitrogens with two attached hydrogens (primary N) is 1. The monoisotopic (exact) mass is 233 g/mol. The van der Waals surface area contributed by atoms with Crippen molar-refractivity contribution in [2.45, 2.75) is 25.4 Å². The maximum atomic E-state index is 6.24. The van der Waals surface area contributed by atoms with E-state index in [1.165, 1.54) is 6.39 Å². The van der Waals surface area contributed by atoms with Crippen LogP contribution in [0.1, 0.15) is 25.5 Å². The lowest BCUT2D eigenvalue weighted by Gasteiger charge is -2.36. The Labute approximate surface area is 101 Å². The minimum absolute atomic E-state index is 0.136. The number of nitrogens with zero attached hydrogens (tertiary/aromatic N) is 2. The van der Waals surface area contributed by atoms with Crippen molar-refractivity contribution >= 4 is 11.1 Å². The zero-order valence-electron chi connectivity index (χ0n) is 10.8. The second kappa shape index (κ2) is 4.13. The van der Waals surface area contributed by atoms with Crippen molar-refractivity contribution in [3.05, 3.63) is 30.2 Å². The van der Waals surface area contributed by atoms with E-state index in [1.54, 1.807) is 0 Å². The maximum absolute atomic E-state index is 6.24. The van der Waals surface area contributed by atoms with Crippen LogP contribution < -0.4 is 5.73 Å². The van der Waals surface area contributed by atoms with Crippen molar-refractivity contribution in [1.82, 2.24) is 9.88 Å². The van der Waals surface area contributed by atoms with Gasteiger partial charge in [-0.3, -0.25) is 0 Å². The molecule has 4 heteroatoms. The highest BCUT2D eigenvalue weighted by Gasteiger charge is 2.29. The first-order valence-electron chi connectivity index (χ1n) is 5.68. The molecular weight excluding hydrogens is 214 g/mol. The Balaban J connectivity index is 2.48. The molecule has 92 valence electrons. The fourth-order valence-electron chi connectivity index (χ4n) is 2.43. The fourth-order valence-corrected chi connectivity index (χ4v) is 2.43. The first-order valence-corrected chi connectivity index (χ1v) is 5.68. The van der Waals surface area contributed by atoms with Crippen LogP contribution in [0.25, 0.3) is 11.1 Å². The molecule has 1 atom stereocenters. The Bertz CT molecular complexity index is 511. The Morgan fingerprint density at radius 3 is 2.65 bits per heavy atom. The Morgan fingerprint density at radius 1 is 1.35 bits per heavy atom. The SMILES string of the molecule is CN(C)C(c1ccc2ncoc2c1)C(C)(C)N. The molecule has 2 aromatic rings. The van der Waals surface area contributed by atoms with E-state index < -0.39 is 0 Å². The summed E-state index contributed by atoms with van der Waals surface area (Å²) in [7, 11) is 4.06. The summed E-state index contributed by atoms with van der Waals surface area (Å²) < 4.78 is 5.33. The van der Waals surface area contributed by atoms with Crippen LogP contribution in [0.2, 0.25) is 0 Å². The number of aromatic nitrogens is 1. The summed E-state index contributed by atoms with van der Waals surface area (Å²) in [5.41, 5.74) is 8.75. The molecule has 0 saturated carbocycles. The number of benzene rings is 1. The molecule has 0 amide bonds. The normalized spacial score (nSPS) is 14.5. The van der Waals surface area contributed by atoms with E-state index in [4.69, 9.17) is 10.2 Å². The highest BCUT2D eigenvalue weighted by atomic mass is 16.3. The van der Waals surface area contributed by atoms with Crippen molar-refractivity contribution in [3.63, 3.8) is 0 Å². The van der Waals surface area contributed by atoms with Crippen LogP contribution in [0.3, 0.4) is 0 Å². The Morgan fingerprint density at radius 2 is 2.06 bits per heavy atom. The molecule has 0 aliphatic carbocycles. The lowest BCUT2D eigenvalue weighted by molar-refractivity contribution is 0.205. The molecule has 0 aliphatic rings. The third-order valence-corrected chi connectivity index (χ3v) is 2.89. The second-order valence-electron chi connectivity index (χ2n) is 5.27. The van der Waals surface area contributed by atoms with Gasteiger partial charge in [-0.25, -0.2) is 4.98 Å². The summed E-state index contributed by atoms with van der Waals surface area (Å²) in [6.07, 6.45) is 1.46. The molecule has 1 aromatic carbocycles. The van der Waals surface area contributed by atoms with Crippen molar-refractivity contribution in [2.24, 2.45) is 5.73 Å². The minimum atomic E-state index is -0.322. The fraction of sp³-hybridized carbons (Fsp3) is 0.462. The van der Waals surface area contributed by atoms with Crippen LogP contribution in [0.4, 0.5) is 0 Å². The lowest BCUT2D eigenvalue weighted by atomic mass is 9.88. The molecule has 1 unspecified atom stereocenters. The van der Waals surface area contributed by atoms with E-state index in [-0.39, 0.29) is 11.6 Å². The first kappa shape index (κ1) is 12.1. The molecule has 0 spiro atoms. The largest absolute Gasteiger partial charge is 0.443 e. The highest BCUT2D eigenvalue weighted by molar-refractivity contribution is 5.73. The average molecular weight is 233 g/mol. The van der Waals surface area contributed by atoms with Gasteiger partial charge in [0.15, 0.2) is 12.0 Å². The van der Waals surface area contributed by atoms with E-state index in [2.05, 4.69) is 16.0 Å². The number of fused-ring (bicyclic) bond motifs is 1. The third kappa shape index (κ3) is 2.33. The van der Waals surface area contributed by atoms with Gasteiger partial charge in [-0.2, -0.15) is 0 Å². The van der Waals surface area contributed by atoms with E-state index in [9.17, 15) is 0 Å². The Hall–Kier alpha value is -1.39. The van der Waals surface area contributed by atoms with Crippen LogP contribution in [0, 0.1) is 0 Å². The summed E-state index contributed by atoms with van der Waals surface area (Å²) in [6.45, 7) is 4.06. The molecule has 1 heterocycles. The van der Waals surface area contributed by atoms with Crippen LogP contribution in [-0.4, -0.2) is 29.5 Å². The summed E-state index contributed by atoms with van der Waals surface area (Å²) in [6, 6.07) is 6.18. The molecule has 0 radical (unpaired) electrons. The summed E-state index contributed by atoms with van der Waals surface area (Å²) in [4.78, 5) is 6.24. The van der Waals surface area contributed by atoms with Crippen molar-refractivity contribution in [3.8, 4) is 0 Å². The number of rotatable bonds is 3. The first-order chi connectivity index (χ1) is 7.89. The third-order valence-electron chi connectivity index (χ3n) is 2.89. The summed E-state index contributed by atoms with van der Waals surface area (Å²) in [5.74, 6) is 0. The van der Waals surface area contributed by atoms with E-state index >= 15 is 0 Å². The van der Waals surface area contributed by atoms with E-state index in [0.29, 0.717) is 0 Å². The highest BCUT2D eigenvalue weighted by Crippen LogP contribution is 2.30. The molecular formula is C13H19N3O. The molecule has 2 rings (SSSR count). The molecule has 0 fully saturated rings. The quantitative estimate of drug-likeness (QED) is 0.882. The smallest absolute Gasteiger partial charge is 0.181 e. The lowest BCUT2D eigenvalue weighted by Crippen LogP contribution is -2.45. The van der Waals surface area contributed by atoms with E-state index in [1.807, 2.05) is 40.1 Å². The molecule has 17 heavy (non-hydrogen) atoms. The topological polar surface area (TPSA) is 55.3 Å². The molecule has 4 nitrogen and oxygen atoms in total. The molecule has 0 saturated heterocycles. The van der Waals surface area contributed by atoms with Crippen LogP contribution >= 0.6 is 0 Å². The predicted molar refractivity (Wildman–Crippen MR) is 68.7 cm³/mol. The van der Waals surface area contributed by atoms with Gasteiger partial charge >= 0.3 is 0 Å². The number of likely N-dealkylation sites (N-methyl/N-ethyl adjacent to an activating group) is 1. The molecule has 2 N–H and O–H groups in total. The van der Waals surface area contributed by atoms with Gasteiger partial charge in [-0.1, -0.05) is 6.07 Å². The van der Waals surface area contributed by atoms with Gasteiger partial charge < -0.3 is 15.1 Å². The predicted octanol–water partition coefficient (Wildman–Crippen LogP) is 2.17. The summed E-state index contributed by atoms with van der Waals surface area (Å²) in [5, 5.41) is 0. The summed E-state index contributed by atoms with van der Waals surface area (Å²) >= 11 is 0. The zero-order chi connectivity index (χ0) is 12.6. The molecule has 0 aliphatic heterocycles. The van der Waals surface area contributed by atoms with Gasteiger partial charge in [-0.15, -0.1) is 0 Å². The minimum Gasteiger partial charge on any atom is -0.443 e. The van der Waals surface area contributed by atoms with Gasteiger partial charge in [0, 0.05) is 5.54 Å². The standard InChI is InChI=1S/C13H19N3O/c1-13(2,14)12(16(3)4)9-5-6-10-11(7-9)17-8-15-10/h5-8,12H,14H2,1-4H3. The van der Waals surface area contributed by atoms with Gasteiger partial charge in [0.1, 0.15) is 5.52 Å².